The fourth-order valence-electron chi connectivity index (χ4n) is 2.75. The van der Waals surface area contributed by atoms with Crippen LogP contribution in [0.25, 0.3) is 4.91 Å². The second-order valence-corrected chi connectivity index (χ2v) is 7.38. The maximum atomic E-state index is 9.77. The summed E-state index contributed by atoms with van der Waals surface area (Å²) in [5.74, 6) is 0.231. The smallest absolute Gasteiger partial charge is 0.0557 e. The average Bonchev–Trinajstić information content (AvgIpc) is 3.08. The van der Waals surface area contributed by atoms with E-state index in [0.29, 0.717) is 0 Å². The first-order valence-electron chi connectivity index (χ1n) is 7.02. The third kappa shape index (κ3) is 3.09. The van der Waals surface area contributed by atoms with Gasteiger partial charge in [-0.15, -0.1) is 23.1 Å². The zero-order valence-corrected chi connectivity index (χ0v) is 13.2. The van der Waals surface area contributed by atoms with Crippen molar-refractivity contribution in [2.45, 2.75) is 11.2 Å². The second-order valence-electron chi connectivity index (χ2n) is 5.12. The zero-order chi connectivity index (χ0) is 14.7. The van der Waals surface area contributed by atoms with Gasteiger partial charge in [-0.2, -0.15) is 0 Å². The number of hydrogen-bond acceptors (Lipinski definition) is 4. The van der Waals surface area contributed by atoms with Gasteiger partial charge in [0.05, 0.1) is 6.61 Å². The fourth-order valence-corrected chi connectivity index (χ4v) is 4.95. The molecule has 1 aliphatic heterocycles. The molecule has 0 unspecified atom stereocenters. The monoisotopic (exact) mass is 318 g/mol. The number of thiophene rings is 1. The van der Waals surface area contributed by atoms with E-state index in [1.54, 1.807) is 23.1 Å². The Morgan fingerprint density at radius 2 is 1.76 bits per heavy atom. The van der Waals surface area contributed by atoms with Crippen LogP contribution >= 0.6 is 23.1 Å². The molecule has 1 aromatic carbocycles. The highest BCUT2D eigenvalue weighted by Gasteiger charge is 2.34. The third-order valence-electron chi connectivity index (χ3n) is 3.87. The van der Waals surface area contributed by atoms with Crippen LogP contribution in [0.5, 0.6) is 0 Å². The van der Waals surface area contributed by atoms with E-state index in [1.165, 1.54) is 15.3 Å². The SMILES string of the molecule is OC[C@H]1[C@@H](c2cccs2)C=C(c2ccccc2)S[C@@H]1CO. The highest BCUT2D eigenvalue weighted by Crippen LogP contribution is 2.47. The minimum absolute atomic E-state index is 0.0299. The Kier molecular flexibility index (Phi) is 4.80. The molecular weight excluding hydrogens is 300 g/mol. The molecule has 0 fully saturated rings. The van der Waals surface area contributed by atoms with Crippen molar-refractivity contribution in [3.63, 3.8) is 0 Å². The van der Waals surface area contributed by atoms with E-state index in [9.17, 15) is 10.2 Å². The number of hydrogen-bond donors (Lipinski definition) is 2. The summed E-state index contributed by atoms with van der Waals surface area (Å²) in [4.78, 5) is 2.44. The molecule has 21 heavy (non-hydrogen) atoms. The summed E-state index contributed by atoms with van der Waals surface area (Å²) in [5, 5.41) is 21.6. The van der Waals surface area contributed by atoms with E-state index in [4.69, 9.17) is 0 Å². The van der Waals surface area contributed by atoms with Gasteiger partial charge in [0.1, 0.15) is 0 Å². The van der Waals surface area contributed by atoms with E-state index < -0.39 is 0 Å². The summed E-state index contributed by atoms with van der Waals surface area (Å²) < 4.78 is 0. The maximum Gasteiger partial charge on any atom is 0.0557 e. The van der Waals surface area contributed by atoms with Crippen LogP contribution in [0.4, 0.5) is 0 Å². The van der Waals surface area contributed by atoms with Crippen LogP contribution in [-0.2, 0) is 0 Å². The average molecular weight is 318 g/mol. The summed E-state index contributed by atoms with van der Waals surface area (Å²) in [6, 6.07) is 14.4. The van der Waals surface area contributed by atoms with Crippen LogP contribution in [0.15, 0.2) is 53.9 Å². The predicted molar refractivity (Wildman–Crippen MR) is 90.5 cm³/mol. The molecule has 110 valence electrons. The van der Waals surface area contributed by atoms with Gasteiger partial charge in [0, 0.05) is 33.5 Å². The molecule has 2 nitrogen and oxygen atoms in total. The number of rotatable bonds is 4. The number of aliphatic hydroxyl groups is 2. The molecule has 0 amide bonds. The molecule has 4 heteroatoms. The topological polar surface area (TPSA) is 40.5 Å². The van der Waals surface area contributed by atoms with E-state index in [1.807, 2.05) is 24.3 Å². The van der Waals surface area contributed by atoms with Crippen molar-refractivity contribution in [3.8, 4) is 0 Å². The Morgan fingerprint density at radius 1 is 0.952 bits per heavy atom. The minimum Gasteiger partial charge on any atom is -0.396 e. The molecule has 1 aromatic heterocycles. The van der Waals surface area contributed by atoms with E-state index >= 15 is 0 Å². The Balaban J connectivity index is 2.01. The van der Waals surface area contributed by atoms with E-state index in [-0.39, 0.29) is 30.3 Å². The summed E-state index contributed by atoms with van der Waals surface area (Å²) in [6.45, 7) is 0.182. The van der Waals surface area contributed by atoms with Gasteiger partial charge in [0.2, 0.25) is 0 Å². The van der Waals surface area contributed by atoms with Gasteiger partial charge in [0.25, 0.3) is 0 Å². The number of thioether (sulfide) groups is 1. The second kappa shape index (κ2) is 6.79. The molecular formula is C17H18O2S2. The summed E-state index contributed by atoms with van der Waals surface area (Å²) >= 11 is 3.39. The summed E-state index contributed by atoms with van der Waals surface area (Å²) in [7, 11) is 0. The summed E-state index contributed by atoms with van der Waals surface area (Å²) in [5.41, 5.74) is 1.18. The molecule has 3 atom stereocenters. The fraction of sp³-hybridized carbons (Fsp3) is 0.294. The Bertz CT molecular complexity index is 593. The number of aliphatic hydroxyl groups excluding tert-OH is 2. The Morgan fingerprint density at radius 3 is 2.38 bits per heavy atom. The molecule has 3 rings (SSSR count). The molecule has 1 aliphatic rings. The lowest BCUT2D eigenvalue weighted by Gasteiger charge is -2.34. The van der Waals surface area contributed by atoms with Crippen LogP contribution in [-0.4, -0.2) is 28.7 Å². The lowest BCUT2D eigenvalue weighted by Crippen LogP contribution is -2.32. The Hall–Kier alpha value is -1.07. The highest BCUT2D eigenvalue weighted by molar-refractivity contribution is 8.09. The van der Waals surface area contributed by atoms with Crippen molar-refractivity contribution in [2.75, 3.05) is 13.2 Å². The van der Waals surface area contributed by atoms with Crippen molar-refractivity contribution in [3.05, 3.63) is 64.4 Å². The van der Waals surface area contributed by atoms with Gasteiger partial charge in [-0.1, -0.05) is 42.5 Å². The largest absolute Gasteiger partial charge is 0.396 e. The van der Waals surface area contributed by atoms with Crippen molar-refractivity contribution in [1.82, 2.24) is 0 Å². The molecule has 2 heterocycles. The zero-order valence-electron chi connectivity index (χ0n) is 11.6. The van der Waals surface area contributed by atoms with Crippen LogP contribution in [0.3, 0.4) is 0 Å². The van der Waals surface area contributed by atoms with E-state index in [2.05, 4.69) is 29.7 Å². The first kappa shape index (κ1) is 14.9. The van der Waals surface area contributed by atoms with Gasteiger partial charge < -0.3 is 10.2 Å². The normalized spacial score (nSPS) is 25.6. The van der Waals surface area contributed by atoms with Gasteiger partial charge in [-0.05, 0) is 17.0 Å². The summed E-state index contributed by atoms with van der Waals surface area (Å²) in [6.07, 6.45) is 2.25. The molecule has 0 bridgehead atoms. The lowest BCUT2D eigenvalue weighted by atomic mass is 9.87. The standard InChI is InChI=1S/C17H18O2S2/c18-10-14-13(15-7-4-8-20-15)9-16(21-17(14)11-19)12-5-2-1-3-6-12/h1-9,13-14,17-19H,10-11H2/t13-,14-,17+/m0/s1. The molecule has 0 saturated carbocycles. The van der Waals surface area contributed by atoms with Crippen molar-refractivity contribution < 1.29 is 10.2 Å². The first-order valence-corrected chi connectivity index (χ1v) is 8.78. The molecule has 0 saturated heterocycles. The maximum absolute atomic E-state index is 9.77. The minimum atomic E-state index is 0.0299. The quantitative estimate of drug-likeness (QED) is 0.905. The van der Waals surface area contributed by atoms with Crippen LogP contribution in [0.1, 0.15) is 16.4 Å². The number of benzene rings is 1. The predicted octanol–water partition coefficient (Wildman–Crippen LogP) is 3.59. The van der Waals surface area contributed by atoms with Gasteiger partial charge in [-0.25, -0.2) is 0 Å². The van der Waals surface area contributed by atoms with Gasteiger partial charge in [0.15, 0.2) is 0 Å². The van der Waals surface area contributed by atoms with Gasteiger partial charge >= 0.3 is 0 Å². The van der Waals surface area contributed by atoms with Crippen LogP contribution in [0.2, 0.25) is 0 Å². The Labute approximate surface area is 133 Å². The molecule has 0 aliphatic carbocycles. The van der Waals surface area contributed by atoms with Crippen LogP contribution < -0.4 is 0 Å². The number of allylic oxidation sites excluding steroid dienone is 1. The molecule has 0 radical (unpaired) electrons. The molecule has 2 aromatic rings. The molecule has 2 N–H and O–H groups in total. The van der Waals surface area contributed by atoms with E-state index in [0.717, 1.165) is 0 Å². The van der Waals surface area contributed by atoms with Crippen LogP contribution in [0, 0.1) is 5.92 Å². The highest BCUT2D eigenvalue weighted by atomic mass is 32.2. The molecule has 0 spiro atoms. The van der Waals surface area contributed by atoms with Gasteiger partial charge in [-0.3, -0.25) is 0 Å². The van der Waals surface area contributed by atoms with Crippen molar-refractivity contribution in [1.29, 1.82) is 0 Å². The third-order valence-corrected chi connectivity index (χ3v) is 6.27. The van der Waals surface area contributed by atoms with Crippen molar-refractivity contribution in [2.24, 2.45) is 5.92 Å². The first-order chi connectivity index (χ1) is 10.3. The van der Waals surface area contributed by atoms with Crippen molar-refractivity contribution >= 4 is 28.0 Å². The lowest BCUT2D eigenvalue weighted by molar-refractivity contribution is 0.180.